The van der Waals surface area contributed by atoms with E-state index in [-0.39, 0.29) is 6.10 Å². The summed E-state index contributed by atoms with van der Waals surface area (Å²) in [5, 5.41) is 0. The van der Waals surface area contributed by atoms with Gasteiger partial charge in [-0.1, -0.05) is 6.07 Å². The molecule has 1 aromatic carbocycles. The van der Waals surface area contributed by atoms with E-state index in [9.17, 15) is 14.0 Å². The molecule has 1 saturated heterocycles. The van der Waals surface area contributed by atoms with E-state index < -0.39 is 16.9 Å². The van der Waals surface area contributed by atoms with Crippen LogP contribution in [0, 0.1) is 12.7 Å². The van der Waals surface area contributed by atoms with E-state index >= 15 is 0 Å². The van der Waals surface area contributed by atoms with E-state index in [0.717, 1.165) is 17.4 Å². The molecule has 22 heavy (non-hydrogen) atoms. The normalized spacial score (nSPS) is 17.8. The molecule has 0 N–H and O–H groups in total. The second-order valence-corrected chi connectivity index (χ2v) is 5.50. The molecule has 5 nitrogen and oxygen atoms in total. The van der Waals surface area contributed by atoms with Gasteiger partial charge in [-0.15, -0.1) is 0 Å². The van der Waals surface area contributed by atoms with Crippen molar-refractivity contribution in [3.05, 3.63) is 62.7 Å². The minimum atomic E-state index is -0.691. The summed E-state index contributed by atoms with van der Waals surface area (Å²) in [5.41, 5.74) is -0.485. The number of nitrogens with zero attached hydrogens (tertiary/aromatic N) is 2. The van der Waals surface area contributed by atoms with Gasteiger partial charge in [0, 0.05) is 19.0 Å². The van der Waals surface area contributed by atoms with Crippen LogP contribution in [0.5, 0.6) is 0 Å². The molecule has 1 unspecified atom stereocenters. The highest BCUT2D eigenvalue weighted by atomic mass is 19.1. The molecule has 0 spiro atoms. The van der Waals surface area contributed by atoms with Crippen LogP contribution in [0.2, 0.25) is 0 Å². The second-order valence-electron chi connectivity index (χ2n) is 5.50. The van der Waals surface area contributed by atoms with Crippen molar-refractivity contribution in [3.8, 4) is 5.69 Å². The third-order valence-electron chi connectivity index (χ3n) is 3.92. The summed E-state index contributed by atoms with van der Waals surface area (Å²) in [4.78, 5) is 24.4. The Balaban J connectivity index is 1.97. The van der Waals surface area contributed by atoms with Gasteiger partial charge in [-0.05, 0) is 37.5 Å². The molecule has 0 radical (unpaired) electrons. The standard InChI is InChI=1S/C16H17FN2O3/c1-11-4-5-12(9-14(11)17)19-7-6-18(15(20)16(19)21)10-13-3-2-8-22-13/h4-7,9,13H,2-3,8,10H2,1H3. The molecule has 1 fully saturated rings. The van der Waals surface area contributed by atoms with E-state index in [2.05, 4.69) is 0 Å². The van der Waals surface area contributed by atoms with Gasteiger partial charge < -0.3 is 9.30 Å². The first-order valence-electron chi connectivity index (χ1n) is 7.26. The number of aromatic nitrogens is 2. The fraction of sp³-hybridized carbons (Fsp3) is 0.375. The predicted octanol–water partition coefficient (Wildman–Crippen LogP) is 1.63. The van der Waals surface area contributed by atoms with Gasteiger partial charge in [0.25, 0.3) is 0 Å². The molecule has 6 heteroatoms. The highest BCUT2D eigenvalue weighted by Gasteiger charge is 2.17. The van der Waals surface area contributed by atoms with Crippen molar-refractivity contribution >= 4 is 0 Å². The van der Waals surface area contributed by atoms with Gasteiger partial charge in [0.05, 0.1) is 18.3 Å². The van der Waals surface area contributed by atoms with Gasteiger partial charge in [-0.3, -0.25) is 14.2 Å². The zero-order valence-electron chi connectivity index (χ0n) is 12.3. The van der Waals surface area contributed by atoms with E-state index in [4.69, 9.17) is 4.74 Å². The van der Waals surface area contributed by atoms with Crippen LogP contribution in [0.4, 0.5) is 4.39 Å². The average molecular weight is 304 g/mol. The molecule has 2 aromatic rings. The zero-order chi connectivity index (χ0) is 15.7. The number of hydrogen-bond acceptors (Lipinski definition) is 3. The Kier molecular flexibility index (Phi) is 3.94. The Morgan fingerprint density at radius 2 is 2.09 bits per heavy atom. The molecule has 1 atom stereocenters. The lowest BCUT2D eigenvalue weighted by atomic mass is 10.2. The Morgan fingerprint density at radius 1 is 1.27 bits per heavy atom. The maximum Gasteiger partial charge on any atom is 0.320 e. The van der Waals surface area contributed by atoms with E-state index in [1.165, 1.54) is 16.8 Å². The summed E-state index contributed by atoms with van der Waals surface area (Å²) >= 11 is 0. The molecule has 116 valence electrons. The van der Waals surface area contributed by atoms with Crippen molar-refractivity contribution in [2.24, 2.45) is 0 Å². The van der Waals surface area contributed by atoms with Crippen molar-refractivity contribution < 1.29 is 9.13 Å². The summed E-state index contributed by atoms with van der Waals surface area (Å²) in [5.74, 6) is -0.409. The van der Waals surface area contributed by atoms with Crippen molar-refractivity contribution in [3.63, 3.8) is 0 Å². The summed E-state index contributed by atoms with van der Waals surface area (Å²) < 4.78 is 21.6. The molecule has 1 aliphatic heterocycles. The zero-order valence-corrected chi connectivity index (χ0v) is 12.3. The Labute approximate surface area is 126 Å². The van der Waals surface area contributed by atoms with Gasteiger partial charge in [-0.2, -0.15) is 0 Å². The summed E-state index contributed by atoms with van der Waals surface area (Å²) in [7, 11) is 0. The SMILES string of the molecule is Cc1ccc(-n2ccn(CC3CCCO3)c(=O)c2=O)cc1F. The van der Waals surface area contributed by atoms with Crippen LogP contribution in [0.3, 0.4) is 0 Å². The van der Waals surface area contributed by atoms with Crippen molar-refractivity contribution in [1.82, 2.24) is 9.13 Å². The maximum atomic E-state index is 13.6. The smallest absolute Gasteiger partial charge is 0.320 e. The first kappa shape index (κ1) is 14.7. The minimum absolute atomic E-state index is 0.0234. The number of ether oxygens (including phenoxy) is 1. The highest BCUT2D eigenvalue weighted by molar-refractivity contribution is 5.35. The number of aryl methyl sites for hydroxylation is 1. The van der Waals surface area contributed by atoms with E-state index in [1.54, 1.807) is 25.3 Å². The third-order valence-corrected chi connectivity index (χ3v) is 3.92. The molecule has 0 saturated carbocycles. The number of halogens is 1. The van der Waals surface area contributed by atoms with Crippen molar-refractivity contribution in [2.75, 3.05) is 6.61 Å². The van der Waals surface area contributed by atoms with Crippen LogP contribution in [-0.4, -0.2) is 21.8 Å². The quantitative estimate of drug-likeness (QED) is 0.810. The van der Waals surface area contributed by atoms with E-state index in [1.807, 2.05) is 0 Å². The van der Waals surface area contributed by atoms with Gasteiger partial charge in [0.1, 0.15) is 5.82 Å². The van der Waals surface area contributed by atoms with Crippen molar-refractivity contribution in [2.45, 2.75) is 32.4 Å². The van der Waals surface area contributed by atoms with Crippen LogP contribution in [0.1, 0.15) is 18.4 Å². The molecule has 3 rings (SSSR count). The fourth-order valence-electron chi connectivity index (χ4n) is 2.59. The highest BCUT2D eigenvalue weighted by Crippen LogP contribution is 2.14. The number of benzene rings is 1. The summed E-state index contributed by atoms with van der Waals surface area (Å²) in [6.07, 6.45) is 4.87. The summed E-state index contributed by atoms with van der Waals surface area (Å²) in [6.45, 7) is 2.71. The lowest BCUT2D eigenvalue weighted by Crippen LogP contribution is -2.41. The Hall–Kier alpha value is -2.21. The third kappa shape index (κ3) is 2.74. The van der Waals surface area contributed by atoms with Gasteiger partial charge >= 0.3 is 11.1 Å². The fourth-order valence-corrected chi connectivity index (χ4v) is 2.59. The number of hydrogen-bond donors (Lipinski definition) is 0. The molecule has 0 aliphatic carbocycles. The average Bonchev–Trinajstić information content (AvgIpc) is 3.00. The molecule has 1 aliphatic rings. The van der Waals surface area contributed by atoms with Crippen LogP contribution in [0.15, 0.2) is 40.2 Å². The van der Waals surface area contributed by atoms with Crippen LogP contribution in [-0.2, 0) is 11.3 Å². The topological polar surface area (TPSA) is 53.2 Å². The minimum Gasteiger partial charge on any atom is -0.376 e. The molecular formula is C16H17FN2O3. The van der Waals surface area contributed by atoms with Crippen LogP contribution in [0.25, 0.3) is 5.69 Å². The van der Waals surface area contributed by atoms with Crippen LogP contribution < -0.4 is 11.1 Å². The first-order chi connectivity index (χ1) is 10.6. The molecule has 0 amide bonds. The van der Waals surface area contributed by atoms with Crippen molar-refractivity contribution in [1.29, 1.82) is 0 Å². The van der Waals surface area contributed by atoms with Gasteiger partial charge in [-0.25, -0.2) is 4.39 Å². The van der Waals surface area contributed by atoms with Gasteiger partial charge in [0.2, 0.25) is 0 Å². The molecule has 2 heterocycles. The number of rotatable bonds is 3. The second kappa shape index (κ2) is 5.88. The Bertz CT molecular complexity index is 804. The first-order valence-corrected chi connectivity index (χ1v) is 7.26. The summed E-state index contributed by atoms with van der Waals surface area (Å²) in [6, 6.07) is 4.44. The lowest BCUT2D eigenvalue weighted by molar-refractivity contribution is 0.0959. The van der Waals surface area contributed by atoms with E-state index in [0.29, 0.717) is 24.4 Å². The van der Waals surface area contributed by atoms with Gasteiger partial charge in [0.15, 0.2) is 0 Å². The maximum absolute atomic E-state index is 13.6. The van der Waals surface area contributed by atoms with Crippen LogP contribution >= 0.6 is 0 Å². The molecule has 0 bridgehead atoms. The Morgan fingerprint density at radius 3 is 2.77 bits per heavy atom. The monoisotopic (exact) mass is 304 g/mol. The molecule has 1 aromatic heterocycles. The largest absolute Gasteiger partial charge is 0.376 e. The predicted molar refractivity (Wildman–Crippen MR) is 80.0 cm³/mol. The molecular weight excluding hydrogens is 287 g/mol. The lowest BCUT2D eigenvalue weighted by Gasteiger charge is -2.13.